The lowest BCUT2D eigenvalue weighted by Gasteiger charge is -2.16. The molecule has 134 valence electrons. The molecule has 0 spiro atoms. The zero-order valence-electron chi connectivity index (χ0n) is 13.6. The average molecular weight is 411 g/mol. The second-order valence-corrected chi connectivity index (χ2v) is 7.50. The van der Waals surface area contributed by atoms with Crippen molar-refractivity contribution in [1.29, 1.82) is 0 Å². The summed E-state index contributed by atoms with van der Waals surface area (Å²) in [6.45, 7) is -0.157. The summed E-state index contributed by atoms with van der Waals surface area (Å²) < 4.78 is 14.5. The number of carbonyl (C=O) groups is 2. The van der Waals surface area contributed by atoms with Gasteiger partial charge in [-0.15, -0.1) is 11.3 Å². The van der Waals surface area contributed by atoms with Crippen LogP contribution < -0.4 is 5.32 Å². The Kier molecular flexibility index (Phi) is 5.46. The second-order valence-electron chi connectivity index (χ2n) is 5.60. The average Bonchev–Trinajstić information content (AvgIpc) is 3.03. The van der Waals surface area contributed by atoms with Gasteiger partial charge in [-0.1, -0.05) is 29.3 Å². The molecule has 26 heavy (non-hydrogen) atoms. The molecule has 0 aliphatic carbocycles. The molecule has 0 saturated heterocycles. The third-order valence-electron chi connectivity index (χ3n) is 3.65. The number of rotatable bonds is 4. The van der Waals surface area contributed by atoms with Crippen molar-refractivity contribution in [2.45, 2.75) is 0 Å². The molecule has 8 heteroatoms. The highest BCUT2D eigenvalue weighted by Crippen LogP contribution is 2.28. The predicted octanol–water partition coefficient (Wildman–Crippen LogP) is 5.06. The molecule has 1 N–H and O–H groups in total. The van der Waals surface area contributed by atoms with Crippen LogP contribution in [0.25, 0.3) is 10.1 Å². The van der Waals surface area contributed by atoms with E-state index in [0.717, 1.165) is 0 Å². The Morgan fingerprint density at radius 2 is 1.92 bits per heavy atom. The first kappa shape index (κ1) is 18.6. The zero-order valence-corrected chi connectivity index (χ0v) is 15.9. The molecule has 0 fully saturated rings. The van der Waals surface area contributed by atoms with Gasteiger partial charge in [-0.05, 0) is 36.4 Å². The minimum atomic E-state index is -0.383. The van der Waals surface area contributed by atoms with Crippen LogP contribution in [-0.2, 0) is 4.79 Å². The molecule has 4 nitrogen and oxygen atoms in total. The van der Waals surface area contributed by atoms with Crippen molar-refractivity contribution < 1.29 is 14.0 Å². The van der Waals surface area contributed by atoms with Crippen LogP contribution in [0.5, 0.6) is 0 Å². The minimum absolute atomic E-state index is 0.157. The van der Waals surface area contributed by atoms with Crippen molar-refractivity contribution in [1.82, 2.24) is 4.90 Å². The number of likely N-dealkylation sites (N-methyl/N-ethyl adjacent to an activating group) is 1. The van der Waals surface area contributed by atoms with Crippen molar-refractivity contribution in [2.24, 2.45) is 0 Å². The Hall–Kier alpha value is -2.15. The third kappa shape index (κ3) is 3.98. The van der Waals surface area contributed by atoms with Crippen molar-refractivity contribution in [3.63, 3.8) is 0 Å². The maximum atomic E-state index is 13.8. The minimum Gasteiger partial charge on any atom is -0.332 e. The first-order valence-corrected chi connectivity index (χ1v) is 9.11. The number of amides is 2. The van der Waals surface area contributed by atoms with Gasteiger partial charge in [-0.3, -0.25) is 9.59 Å². The van der Waals surface area contributed by atoms with Gasteiger partial charge < -0.3 is 10.2 Å². The van der Waals surface area contributed by atoms with Gasteiger partial charge in [0.1, 0.15) is 5.82 Å². The Morgan fingerprint density at radius 3 is 2.62 bits per heavy atom. The summed E-state index contributed by atoms with van der Waals surface area (Å²) in [6.07, 6.45) is 0. The molecule has 0 unspecified atom stereocenters. The fraction of sp³-hybridized carbons (Fsp3) is 0.111. The molecule has 1 aromatic heterocycles. The summed E-state index contributed by atoms with van der Waals surface area (Å²) in [6, 6.07) is 10.9. The van der Waals surface area contributed by atoms with Crippen molar-refractivity contribution >= 4 is 62.1 Å². The van der Waals surface area contributed by atoms with E-state index in [0.29, 0.717) is 30.7 Å². The van der Waals surface area contributed by atoms with E-state index in [4.69, 9.17) is 23.2 Å². The van der Waals surface area contributed by atoms with E-state index in [2.05, 4.69) is 5.32 Å². The van der Waals surface area contributed by atoms with E-state index in [1.807, 2.05) is 0 Å². The fourth-order valence-corrected chi connectivity index (χ4v) is 3.75. The normalized spacial score (nSPS) is 10.8. The molecule has 3 aromatic rings. The molecule has 0 bridgehead atoms. The lowest BCUT2D eigenvalue weighted by atomic mass is 10.2. The van der Waals surface area contributed by atoms with Crippen LogP contribution in [-0.4, -0.2) is 30.3 Å². The number of nitrogens with one attached hydrogen (secondary N) is 1. The molecular formula is C18H13Cl2FN2O2S. The highest BCUT2D eigenvalue weighted by atomic mass is 35.5. The number of anilines is 1. The summed E-state index contributed by atoms with van der Waals surface area (Å²) >= 11 is 12.9. The van der Waals surface area contributed by atoms with Gasteiger partial charge in [0.15, 0.2) is 0 Å². The number of hydrogen-bond donors (Lipinski definition) is 1. The lowest BCUT2D eigenvalue weighted by molar-refractivity contribution is -0.116. The molecule has 1 heterocycles. The van der Waals surface area contributed by atoms with Gasteiger partial charge in [-0.2, -0.15) is 0 Å². The monoisotopic (exact) mass is 410 g/mol. The zero-order chi connectivity index (χ0) is 18.8. The standard InChI is InChI=1S/C18H13Cl2FN2O2S/c1-23(9-17(24)22-10-5-6-12(19)13(20)7-10)18(25)16-8-11-14(21)3-2-4-15(11)26-16/h2-8H,9H2,1H3,(H,22,24). The number of thiophene rings is 1. The number of carbonyl (C=O) groups excluding carboxylic acids is 2. The molecule has 0 aliphatic heterocycles. The molecular weight excluding hydrogens is 398 g/mol. The smallest absolute Gasteiger partial charge is 0.264 e. The van der Waals surface area contributed by atoms with E-state index in [9.17, 15) is 14.0 Å². The maximum Gasteiger partial charge on any atom is 0.264 e. The lowest BCUT2D eigenvalue weighted by Crippen LogP contribution is -2.34. The second kappa shape index (κ2) is 7.61. The first-order valence-electron chi connectivity index (χ1n) is 7.53. The van der Waals surface area contributed by atoms with E-state index in [-0.39, 0.29) is 24.2 Å². The molecule has 0 saturated carbocycles. The molecule has 2 aromatic carbocycles. The number of hydrogen-bond acceptors (Lipinski definition) is 3. The highest BCUT2D eigenvalue weighted by molar-refractivity contribution is 7.20. The van der Waals surface area contributed by atoms with Gasteiger partial charge >= 0.3 is 0 Å². The number of halogens is 3. The van der Waals surface area contributed by atoms with Crippen molar-refractivity contribution in [2.75, 3.05) is 18.9 Å². The third-order valence-corrected chi connectivity index (χ3v) is 5.48. The molecule has 3 rings (SSSR count). The Bertz CT molecular complexity index is 1010. The number of benzene rings is 2. The molecule has 0 radical (unpaired) electrons. The van der Waals surface area contributed by atoms with Gasteiger partial charge in [0.25, 0.3) is 5.91 Å². The summed E-state index contributed by atoms with van der Waals surface area (Å²) in [7, 11) is 1.51. The van der Waals surface area contributed by atoms with E-state index in [1.54, 1.807) is 24.3 Å². The van der Waals surface area contributed by atoms with Gasteiger partial charge in [0.2, 0.25) is 5.91 Å². The largest absolute Gasteiger partial charge is 0.332 e. The quantitative estimate of drug-likeness (QED) is 0.653. The summed E-state index contributed by atoms with van der Waals surface area (Å²) in [4.78, 5) is 26.3. The highest BCUT2D eigenvalue weighted by Gasteiger charge is 2.18. The van der Waals surface area contributed by atoms with Crippen LogP contribution in [0, 0.1) is 5.82 Å². The predicted molar refractivity (Wildman–Crippen MR) is 104 cm³/mol. The summed E-state index contributed by atoms with van der Waals surface area (Å²) in [5.41, 5.74) is 0.481. The molecule has 0 aliphatic rings. The van der Waals surface area contributed by atoms with Gasteiger partial charge in [0, 0.05) is 22.8 Å². The van der Waals surface area contributed by atoms with Crippen molar-refractivity contribution in [3.8, 4) is 0 Å². The molecule has 0 atom stereocenters. The van der Waals surface area contributed by atoms with Crippen LogP contribution in [0.4, 0.5) is 10.1 Å². The van der Waals surface area contributed by atoms with Crippen LogP contribution in [0.15, 0.2) is 42.5 Å². The van der Waals surface area contributed by atoms with E-state index >= 15 is 0 Å². The van der Waals surface area contributed by atoms with Crippen LogP contribution >= 0.6 is 34.5 Å². The van der Waals surface area contributed by atoms with E-state index < -0.39 is 0 Å². The van der Waals surface area contributed by atoms with Gasteiger partial charge in [-0.25, -0.2) is 4.39 Å². The van der Waals surface area contributed by atoms with Crippen LogP contribution in [0.3, 0.4) is 0 Å². The van der Waals surface area contributed by atoms with Crippen LogP contribution in [0.2, 0.25) is 10.0 Å². The number of nitrogens with zero attached hydrogens (tertiary/aromatic N) is 1. The maximum absolute atomic E-state index is 13.8. The number of fused-ring (bicyclic) bond motifs is 1. The van der Waals surface area contributed by atoms with Crippen LogP contribution in [0.1, 0.15) is 9.67 Å². The van der Waals surface area contributed by atoms with Crippen molar-refractivity contribution in [3.05, 3.63) is 63.2 Å². The Morgan fingerprint density at radius 1 is 1.15 bits per heavy atom. The first-order chi connectivity index (χ1) is 12.3. The fourth-order valence-electron chi connectivity index (χ4n) is 2.38. The Labute approximate surface area is 163 Å². The SMILES string of the molecule is CN(CC(=O)Nc1ccc(Cl)c(Cl)c1)C(=O)c1cc2c(F)cccc2s1. The topological polar surface area (TPSA) is 49.4 Å². The van der Waals surface area contributed by atoms with E-state index in [1.165, 1.54) is 41.5 Å². The Balaban J connectivity index is 1.68. The summed E-state index contributed by atoms with van der Waals surface area (Å²) in [5, 5.41) is 3.75. The van der Waals surface area contributed by atoms with Gasteiger partial charge in [0.05, 0.1) is 21.5 Å². The summed E-state index contributed by atoms with van der Waals surface area (Å²) in [5.74, 6) is -1.11. The molecule has 2 amide bonds.